The number of nitriles is 1. The number of rotatable bonds is 5. The minimum absolute atomic E-state index is 0.0572. The second kappa shape index (κ2) is 9.17. The van der Waals surface area contributed by atoms with Crippen LogP contribution in [0.3, 0.4) is 0 Å². The lowest BCUT2D eigenvalue weighted by Gasteiger charge is -2.34. The summed E-state index contributed by atoms with van der Waals surface area (Å²) in [5.74, 6) is 1.56. The van der Waals surface area contributed by atoms with Gasteiger partial charge in [-0.25, -0.2) is 0 Å². The molecule has 0 saturated carbocycles. The molecule has 0 radical (unpaired) electrons. The van der Waals surface area contributed by atoms with Crippen molar-refractivity contribution in [2.45, 2.75) is 6.54 Å². The quantitative estimate of drug-likeness (QED) is 0.416. The zero-order valence-electron chi connectivity index (χ0n) is 17.8. The molecule has 0 atom stereocenters. The fourth-order valence-electron chi connectivity index (χ4n) is 3.78. The molecule has 0 aliphatic carbocycles. The molecular weight excluding hydrogens is 478 g/mol. The summed E-state index contributed by atoms with van der Waals surface area (Å²) in [6.07, 6.45) is 1.51. The van der Waals surface area contributed by atoms with Crippen molar-refractivity contribution in [3.63, 3.8) is 0 Å². The topological polar surface area (TPSA) is 120 Å². The number of nitrogens with one attached hydrogen (secondary N) is 1. The number of furan rings is 1. The zero-order valence-corrected chi connectivity index (χ0v) is 19.3. The van der Waals surface area contributed by atoms with E-state index in [1.165, 1.54) is 6.26 Å². The van der Waals surface area contributed by atoms with E-state index in [0.717, 1.165) is 5.56 Å². The zero-order chi connectivity index (χ0) is 23.7. The summed E-state index contributed by atoms with van der Waals surface area (Å²) in [6.45, 7) is 1.97. The molecule has 1 aliphatic rings. The standard InChI is InChI=1S/C22H18ClN7O3S/c23-15-5-3-14(4-6-15)19-26-27-22(34)30(19)13-18(31)28-7-9-29(10-8-28)21-16(12-24)25-20(33-21)17-2-1-11-32-17/h1-6,11H,7-10,13H2,(H,27,34). The summed E-state index contributed by atoms with van der Waals surface area (Å²) >= 11 is 11.3. The summed E-state index contributed by atoms with van der Waals surface area (Å²) in [4.78, 5) is 20.9. The highest BCUT2D eigenvalue weighted by Crippen LogP contribution is 2.29. The first-order chi connectivity index (χ1) is 16.5. The van der Waals surface area contributed by atoms with Gasteiger partial charge in [0.15, 0.2) is 16.4 Å². The Morgan fingerprint density at radius 1 is 1.21 bits per heavy atom. The molecular formula is C22H18ClN7O3S. The number of anilines is 1. The van der Waals surface area contributed by atoms with Crippen LogP contribution in [0.4, 0.5) is 5.88 Å². The highest BCUT2D eigenvalue weighted by atomic mass is 35.5. The van der Waals surface area contributed by atoms with Crippen LogP contribution in [0.1, 0.15) is 5.69 Å². The van der Waals surface area contributed by atoms with Gasteiger partial charge in [0.2, 0.25) is 17.5 Å². The Morgan fingerprint density at radius 3 is 2.65 bits per heavy atom. The molecule has 34 heavy (non-hydrogen) atoms. The number of aromatic nitrogens is 4. The van der Waals surface area contributed by atoms with Gasteiger partial charge in [-0.05, 0) is 48.6 Å². The molecule has 4 aromatic rings. The second-order valence-electron chi connectivity index (χ2n) is 7.58. The van der Waals surface area contributed by atoms with Crippen molar-refractivity contribution in [1.29, 1.82) is 5.26 Å². The first-order valence-electron chi connectivity index (χ1n) is 10.4. The van der Waals surface area contributed by atoms with Crippen LogP contribution in [-0.2, 0) is 11.3 Å². The van der Waals surface area contributed by atoms with E-state index in [4.69, 9.17) is 32.7 Å². The van der Waals surface area contributed by atoms with E-state index in [-0.39, 0.29) is 24.0 Å². The van der Waals surface area contributed by atoms with Gasteiger partial charge in [0.05, 0.1) is 6.26 Å². The second-order valence-corrected chi connectivity index (χ2v) is 8.40. The van der Waals surface area contributed by atoms with E-state index >= 15 is 0 Å². The maximum atomic E-state index is 13.1. The van der Waals surface area contributed by atoms with Crippen LogP contribution in [-0.4, -0.2) is 56.7 Å². The summed E-state index contributed by atoms with van der Waals surface area (Å²) in [5, 5.41) is 17.1. The highest BCUT2D eigenvalue weighted by Gasteiger charge is 2.27. The molecule has 1 aromatic carbocycles. The molecule has 0 unspecified atom stereocenters. The highest BCUT2D eigenvalue weighted by molar-refractivity contribution is 7.71. The van der Waals surface area contributed by atoms with Crippen LogP contribution in [0.5, 0.6) is 0 Å². The first kappa shape index (κ1) is 21.9. The molecule has 1 fully saturated rings. The number of H-pyrrole nitrogens is 1. The third-order valence-electron chi connectivity index (χ3n) is 5.52. The predicted octanol–water partition coefficient (Wildman–Crippen LogP) is 3.73. The number of piperazine rings is 1. The molecule has 1 aliphatic heterocycles. The van der Waals surface area contributed by atoms with Gasteiger partial charge >= 0.3 is 0 Å². The van der Waals surface area contributed by atoms with Crippen LogP contribution in [0.25, 0.3) is 23.0 Å². The molecule has 3 aromatic heterocycles. The predicted molar refractivity (Wildman–Crippen MR) is 126 cm³/mol. The van der Waals surface area contributed by atoms with Crippen LogP contribution in [0.15, 0.2) is 51.5 Å². The van der Waals surface area contributed by atoms with Gasteiger partial charge in [0.25, 0.3) is 5.89 Å². The summed E-state index contributed by atoms with van der Waals surface area (Å²) in [6, 6.07) is 12.7. The van der Waals surface area contributed by atoms with E-state index in [1.807, 2.05) is 17.0 Å². The molecule has 5 rings (SSSR count). The fraction of sp³-hybridized carbons (Fsp3) is 0.227. The Bertz CT molecular complexity index is 1410. The maximum absolute atomic E-state index is 13.1. The molecule has 12 heteroatoms. The van der Waals surface area contributed by atoms with Gasteiger partial charge in [-0.1, -0.05) is 11.6 Å². The van der Waals surface area contributed by atoms with Gasteiger partial charge in [-0.15, -0.1) is 0 Å². The van der Waals surface area contributed by atoms with Gasteiger partial charge in [0, 0.05) is 36.8 Å². The molecule has 1 saturated heterocycles. The molecule has 1 amide bonds. The van der Waals surface area contributed by atoms with Crippen LogP contribution in [0.2, 0.25) is 5.02 Å². The van der Waals surface area contributed by atoms with Crippen molar-refractivity contribution in [1.82, 2.24) is 24.6 Å². The van der Waals surface area contributed by atoms with Crippen molar-refractivity contribution in [2.75, 3.05) is 31.1 Å². The van der Waals surface area contributed by atoms with Gasteiger partial charge in [0.1, 0.15) is 12.6 Å². The number of benzene rings is 1. The van der Waals surface area contributed by atoms with Crippen molar-refractivity contribution < 1.29 is 13.6 Å². The summed E-state index contributed by atoms with van der Waals surface area (Å²) in [5.41, 5.74) is 0.986. The third-order valence-corrected chi connectivity index (χ3v) is 6.08. The Balaban J connectivity index is 1.27. The lowest BCUT2D eigenvalue weighted by Crippen LogP contribution is -2.49. The van der Waals surface area contributed by atoms with Crippen LogP contribution in [0, 0.1) is 16.1 Å². The minimum Gasteiger partial charge on any atom is -0.459 e. The number of oxazole rings is 1. The molecule has 0 bridgehead atoms. The third kappa shape index (κ3) is 4.21. The Kier molecular flexibility index (Phi) is 5.91. The monoisotopic (exact) mass is 495 g/mol. The average molecular weight is 496 g/mol. The molecule has 172 valence electrons. The van der Waals surface area contributed by atoms with E-state index in [9.17, 15) is 10.1 Å². The minimum atomic E-state index is -0.0817. The number of nitrogens with zero attached hydrogens (tertiary/aromatic N) is 6. The Morgan fingerprint density at radius 2 is 1.97 bits per heavy atom. The van der Waals surface area contributed by atoms with E-state index in [0.29, 0.717) is 53.4 Å². The number of hydrogen-bond acceptors (Lipinski definition) is 8. The number of halogens is 1. The number of amides is 1. The van der Waals surface area contributed by atoms with Crippen LogP contribution < -0.4 is 4.90 Å². The SMILES string of the molecule is N#Cc1nc(-c2ccco2)oc1N1CCN(C(=O)Cn2c(-c3ccc(Cl)cc3)n[nH]c2=S)CC1. The first-order valence-corrected chi connectivity index (χ1v) is 11.2. The molecule has 10 nitrogen and oxygen atoms in total. The molecule has 0 spiro atoms. The lowest BCUT2D eigenvalue weighted by molar-refractivity contribution is -0.132. The van der Waals surface area contributed by atoms with Crippen LogP contribution >= 0.6 is 23.8 Å². The normalized spacial score (nSPS) is 13.8. The molecule has 4 heterocycles. The van der Waals surface area contributed by atoms with Crippen molar-refractivity contribution in [3.8, 4) is 29.1 Å². The number of hydrogen-bond donors (Lipinski definition) is 1. The Labute approximate surface area is 204 Å². The average Bonchev–Trinajstić information content (AvgIpc) is 3.60. The smallest absolute Gasteiger partial charge is 0.266 e. The molecule has 1 N–H and O–H groups in total. The van der Waals surface area contributed by atoms with Gasteiger partial charge < -0.3 is 18.6 Å². The van der Waals surface area contributed by atoms with E-state index in [1.54, 1.807) is 33.7 Å². The number of carbonyl (C=O) groups is 1. The van der Waals surface area contributed by atoms with Crippen molar-refractivity contribution in [2.24, 2.45) is 0 Å². The van der Waals surface area contributed by atoms with Crippen molar-refractivity contribution >= 4 is 35.6 Å². The van der Waals surface area contributed by atoms with E-state index in [2.05, 4.69) is 21.3 Å². The largest absolute Gasteiger partial charge is 0.459 e. The maximum Gasteiger partial charge on any atom is 0.266 e. The Hall–Kier alpha value is -3.88. The summed E-state index contributed by atoms with van der Waals surface area (Å²) in [7, 11) is 0. The van der Waals surface area contributed by atoms with E-state index < -0.39 is 0 Å². The summed E-state index contributed by atoms with van der Waals surface area (Å²) < 4.78 is 13.2. The lowest BCUT2D eigenvalue weighted by atomic mass is 10.2. The fourth-order valence-corrected chi connectivity index (χ4v) is 4.11. The van der Waals surface area contributed by atoms with Gasteiger partial charge in [-0.2, -0.15) is 15.3 Å². The number of aromatic amines is 1. The van der Waals surface area contributed by atoms with Gasteiger partial charge in [-0.3, -0.25) is 14.5 Å². The number of carbonyl (C=O) groups excluding carboxylic acids is 1. The van der Waals surface area contributed by atoms with Crippen molar-refractivity contribution in [3.05, 3.63) is 58.1 Å².